The molecule has 21 heavy (non-hydrogen) atoms. The first-order valence-electron chi connectivity index (χ1n) is 6.37. The van der Waals surface area contributed by atoms with Crippen molar-refractivity contribution in [3.63, 3.8) is 0 Å². The highest BCUT2D eigenvalue weighted by atomic mass is 127. The van der Waals surface area contributed by atoms with Crippen LogP contribution in [0, 0.1) is 13.7 Å². The lowest BCUT2D eigenvalue weighted by atomic mass is 9.99. The first kappa shape index (κ1) is 16.2. The Labute approximate surface area is 141 Å². The SMILES string of the molecule is CNC(Cc1ccc([N+](=O)[O-])cc1)c1cc(Cl)ccc1I. The fraction of sp³-hybridized carbons (Fsp3) is 0.200. The molecule has 0 aromatic heterocycles. The lowest BCUT2D eigenvalue weighted by Crippen LogP contribution is -2.20. The first-order chi connectivity index (χ1) is 10.0. The van der Waals surface area contributed by atoms with E-state index in [0.29, 0.717) is 5.02 Å². The molecule has 0 aliphatic carbocycles. The Hall–Kier alpha value is -1.18. The van der Waals surface area contributed by atoms with Gasteiger partial charge in [-0.2, -0.15) is 0 Å². The summed E-state index contributed by atoms with van der Waals surface area (Å²) < 4.78 is 1.14. The van der Waals surface area contributed by atoms with Gasteiger partial charge in [0, 0.05) is 26.8 Å². The average Bonchev–Trinajstić information content (AvgIpc) is 2.48. The van der Waals surface area contributed by atoms with E-state index in [1.165, 1.54) is 12.1 Å². The van der Waals surface area contributed by atoms with Crippen molar-refractivity contribution in [2.75, 3.05) is 7.05 Å². The summed E-state index contributed by atoms with van der Waals surface area (Å²) in [5.41, 5.74) is 2.27. The fourth-order valence-corrected chi connectivity index (χ4v) is 3.03. The van der Waals surface area contributed by atoms with Crippen LogP contribution in [0.2, 0.25) is 5.02 Å². The number of benzene rings is 2. The molecule has 0 fully saturated rings. The molecule has 0 saturated heterocycles. The van der Waals surface area contributed by atoms with Gasteiger partial charge in [-0.05, 0) is 65.4 Å². The molecule has 4 nitrogen and oxygen atoms in total. The molecule has 0 amide bonds. The van der Waals surface area contributed by atoms with E-state index in [0.717, 1.165) is 21.1 Å². The van der Waals surface area contributed by atoms with Crippen LogP contribution in [0.25, 0.3) is 0 Å². The van der Waals surface area contributed by atoms with E-state index in [1.54, 1.807) is 12.1 Å². The molecular weight excluding hydrogens is 403 g/mol. The van der Waals surface area contributed by atoms with Gasteiger partial charge < -0.3 is 5.32 Å². The predicted octanol–water partition coefficient (Wildman–Crippen LogP) is 4.36. The summed E-state index contributed by atoms with van der Waals surface area (Å²) in [6.45, 7) is 0. The minimum absolute atomic E-state index is 0.108. The van der Waals surface area contributed by atoms with Crippen molar-refractivity contribution in [2.24, 2.45) is 0 Å². The molecule has 0 bridgehead atoms. The Kier molecular flexibility index (Phi) is 5.55. The number of likely N-dealkylation sites (N-methyl/N-ethyl adjacent to an activating group) is 1. The zero-order valence-electron chi connectivity index (χ0n) is 11.3. The number of non-ortho nitro benzene ring substituents is 1. The molecule has 2 aromatic rings. The standard InChI is InChI=1S/C15H14ClIN2O2/c1-18-15(13-9-11(16)4-7-14(13)17)8-10-2-5-12(6-3-10)19(20)21/h2-7,9,15,18H,8H2,1H3. The Morgan fingerprint density at radius 1 is 1.29 bits per heavy atom. The summed E-state index contributed by atoms with van der Waals surface area (Å²) in [6.07, 6.45) is 0.741. The summed E-state index contributed by atoms with van der Waals surface area (Å²) in [4.78, 5) is 10.3. The second-order valence-electron chi connectivity index (χ2n) is 4.63. The number of nitro benzene ring substituents is 1. The van der Waals surface area contributed by atoms with E-state index in [4.69, 9.17) is 11.6 Å². The van der Waals surface area contributed by atoms with Crippen LogP contribution in [-0.2, 0) is 6.42 Å². The van der Waals surface area contributed by atoms with Crippen molar-refractivity contribution in [2.45, 2.75) is 12.5 Å². The maximum absolute atomic E-state index is 10.7. The molecule has 2 aromatic carbocycles. The van der Waals surface area contributed by atoms with E-state index in [-0.39, 0.29) is 16.7 Å². The maximum atomic E-state index is 10.7. The fourth-order valence-electron chi connectivity index (χ4n) is 2.14. The topological polar surface area (TPSA) is 55.2 Å². The number of hydrogen-bond acceptors (Lipinski definition) is 3. The second kappa shape index (κ2) is 7.20. The smallest absolute Gasteiger partial charge is 0.269 e. The van der Waals surface area contributed by atoms with Crippen molar-refractivity contribution >= 4 is 39.9 Å². The highest BCUT2D eigenvalue weighted by molar-refractivity contribution is 14.1. The van der Waals surface area contributed by atoms with Crippen LogP contribution in [-0.4, -0.2) is 12.0 Å². The van der Waals surface area contributed by atoms with Gasteiger partial charge in [0.1, 0.15) is 0 Å². The van der Waals surface area contributed by atoms with Crippen LogP contribution in [0.15, 0.2) is 42.5 Å². The third-order valence-electron chi connectivity index (χ3n) is 3.27. The minimum atomic E-state index is -0.390. The van der Waals surface area contributed by atoms with Gasteiger partial charge >= 0.3 is 0 Å². The van der Waals surface area contributed by atoms with Crippen molar-refractivity contribution < 1.29 is 4.92 Å². The lowest BCUT2D eigenvalue weighted by molar-refractivity contribution is -0.384. The second-order valence-corrected chi connectivity index (χ2v) is 6.23. The normalized spacial score (nSPS) is 12.1. The van der Waals surface area contributed by atoms with Crippen LogP contribution in [0.5, 0.6) is 0 Å². The highest BCUT2D eigenvalue weighted by Gasteiger charge is 2.14. The van der Waals surface area contributed by atoms with Gasteiger partial charge in [-0.1, -0.05) is 23.7 Å². The minimum Gasteiger partial charge on any atom is -0.313 e. The van der Waals surface area contributed by atoms with E-state index in [9.17, 15) is 10.1 Å². The van der Waals surface area contributed by atoms with Gasteiger partial charge in [-0.3, -0.25) is 10.1 Å². The third kappa shape index (κ3) is 4.15. The number of halogens is 2. The zero-order chi connectivity index (χ0) is 15.4. The molecule has 2 rings (SSSR count). The Morgan fingerprint density at radius 2 is 1.95 bits per heavy atom. The average molecular weight is 417 g/mol. The molecule has 0 aliphatic heterocycles. The van der Waals surface area contributed by atoms with Crippen molar-refractivity contribution in [3.05, 3.63) is 72.3 Å². The molecule has 0 heterocycles. The van der Waals surface area contributed by atoms with Crippen LogP contribution < -0.4 is 5.32 Å². The predicted molar refractivity (Wildman–Crippen MR) is 92.8 cm³/mol. The molecule has 0 spiro atoms. The van der Waals surface area contributed by atoms with Crippen LogP contribution in [0.4, 0.5) is 5.69 Å². The summed E-state index contributed by atoms with van der Waals surface area (Å²) in [6, 6.07) is 12.6. The number of nitrogens with one attached hydrogen (secondary N) is 1. The Bertz CT molecular complexity index is 647. The number of nitrogens with zero attached hydrogens (tertiary/aromatic N) is 1. The Morgan fingerprint density at radius 3 is 2.52 bits per heavy atom. The molecule has 0 radical (unpaired) electrons. The molecule has 1 atom stereocenters. The van der Waals surface area contributed by atoms with Gasteiger partial charge in [0.25, 0.3) is 5.69 Å². The van der Waals surface area contributed by atoms with Gasteiger partial charge in [-0.25, -0.2) is 0 Å². The first-order valence-corrected chi connectivity index (χ1v) is 7.82. The molecule has 6 heteroatoms. The number of nitro groups is 1. The maximum Gasteiger partial charge on any atom is 0.269 e. The summed E-state index contributed by atoms with van der Waals surface area (Å²) in [7, 11) is 1.90. The molecule has 0 saturated carbocycles. The van der Waals surface area contributed by atoms with Crippen LogP contribution in [0.1, 0.15) is 17.2 Å². The van der Waals surface area contributed by atoms with Gasteiger partial charge in [0.15, 0.2) is 0 Å². The van der Waals surface area contributed by atoms with Gasteiger partial charge in [-0.15, -0.1) is 0 Å². The summed E-state index contributed by atoms with van der Waals surface area (Å²) >= 11 is 8.35. The van der Waals surface area contributed by atoms with Gasteiger partial charge in [0.2, 0.25) is 0 Å². The zero-order valence-corrected chi connectivity index (χ0v) is 14.3. The Balaban J connectivity index is 2.22. The monoisotopic (exact) mass is 416 g/mol. The number of hydrogen-bond donors (Lipinski definition) is 1. The molecule has 1 N–H and O–H groups in total. The van der Waals surface area contributed by atoms with Crippen molar-refractivity contribution in [3.8, 4) is 0 Å². The number of rotatable bonds is 5. The van der Waals surface area contributed by atoms with Crippen molar-refractivity contribution in [1.82, 2.24) is 5.32 Å². The van der Waals surface area contributed by atoms with Crippen molar-refractivity contribution in [1.29, 1.82) is 0 Å². The van der Waals surface area contributed by atoms with Gasteiger partial charge in [0.05, 0.1) is 4.92 Å². The quantitative estimate of drug-likeness (QED) is 0.448. The van der Waals surface area contributed by atoms with Crippen LogP contribution >= 0.6 is 34.2 Å². The largest absolute Gasteiger partial charge is 0.313 e. The highest BCUT2D eigenvalue weighted by Crippen LogP contribution is 2.26. The summed E-state index contributed by atoms with van der Waals surface area (Å²) in [5, 5.41) is 14.6. The van der Waals surface area contributed by atoms with Crippen LogP contribution in [0.3, 0.4) is 0 Å². The molecule has 1 unspecified atom stereocenters. The van der Waals surface area contributed by atoms with E-state index in [2.05, 4.69) is 27.9 Å². The van der Waals surface area contributed by atoms with E-state index >= 15 is 0 Å². The molecule has 110 valence electrons. The summed E-state index contributed by atoms with van der Waals surface area (Å²) in [5.74, 6) is 0. The van der Waals surface area contributed by atoms with E-state index < -0.39 is 0 Å². The molecule has 0 aliphatic rings. The molecular formula is C15H14ClIN2O2. The van der Waals surface area contributed by atoms with E-state index in [1.807, 2.05) is 25.2 Å². The lowest BCUT2D eigenvalue weighted by Gasteiger charge is -2.18. The third-order valence-corrected chi connectivity index (χ3v) is 4.49.